The van der Waals surface area contributed by atoms with E-state index in [1.54, 1.807) is 36.4 Å². The topological polar surface area (TPSA) is 101 Å². The van der Waals surface area contributed by atoms with Crippen LogP contribution in [0.5, 0.6) is 28.7 Å². The Morgan fingerprint density at radius 1 is 0.500 bits per heavy atom. The number of rotatable bonds is 13. The third-order valence-corrected chi connectivity index (χ3v) is 6.92. The fourth-order valence-corrected chi connectivity index (χ4v) is 4.86. The molecule has 3 aromatic rings. The Morgan fingerprint density at radius 3 is 1.42 bits per heavy atom. The largest absolute Gasteiger partial charge is 0.508 e. The van der Waals surface area contributed by atoms with E-state index in [4.69, 9.17) is 0 Å². The highest BCUT2D eigenvalue weighted by atomic mass is 16.3. The molecule has 194 valence electrons. The van der Waals surface area contributed by atoms with Gasteiger partial charge in [-0.3, -0.25) is 0 Å². The number of aryl methyl sites for hydroxylation is 2. The van der Waals surface area contributed by atoms with Crippen molar-refractivity contribution in [1.29, 1.82) is 0 Å². The van der Waals surface area contributed by atoms with Gasteiger partial charge in [0, 0.05) is 34.7 Å². The zero-order valence-corrected chi connectivity index (χ0v) is 21.5. The van der Waals surface area contributed by atoms with Crippen molar-refractivity contribution in [3.8, 4) is 28.7 Å². The van der Waals surface area contributed by atoms with Crippen molar-refractivity contribution in [1.82, 2.24) is 0 Å². The van der Waals surface area contributed by atoms with Crippen LogP contribution in [0.4, 0.5) is 0 Å². The predicted molar refractivity (Wildman–Crippen MR) is 144 cm³/mol. The molecule has 36 heavy (non-hydrogen) atoms. The Balaban J connectivity index is 2.11. The summed E-state index contributed by atoms with van der Waals surface area (Å²) in [6.45, 7) is 4.30. The van der Waals surface area contributed by atoms with Crippen LogP contribution in [0, 0.1) is 0 Å². The van der Waals surface area contributed by atoms with Gasteiger partial charge in [0.05, 0.1) is 0 Å². The van der Waals surface area contributed by atoms with Gasteiger partial charge in [-0.25, -0.2) is 0 Å². The zero-order chi connectivity index (χ0) is 26.1. The second-order valence-corrected chi connectivity index (χ2v) is 9.69. The molecule has 0 aliphatic heterocycles. The summed E-state index contributed by atoms with van der Waals surface area (Å²) in [5, 5.41) is 53.7. The molecular formula is C31H40O5. The molecule has 3 rings (SSSR count). The molecule has 0 fully saturated rings. The quantitative estimate of drug-likeness (QED) is 0.125. The first kappa shape index (κ1) is 27.3. The number of para-hydroxylation sites is 1. The van der Waals surface area contributed by atoms with Crippen LogP contribution in [0.2, 0.25) is 0 Å². The van der Waals surface area contributed by atoms with Gasteiger partial charge in [0.1, 0.15) is 28.7 Å². The van der Waals surface area contributed by atoms with Crippen LogP contribution in [-0.2, 0) is 12.8 Å². The monoisotopic (exact) mass is 492 g/mol. The number of benzene rings is 3. The number of hydrogen-bond donors (Lipinski definition) is 5. The van der Waals surface area contributed by atoms with E-state index >= 15 is 0 Å². The first-order valence-electron chi connectivity index (χ1n) is 13.2. The summed E-state index contributed by atoms with van der Waals surface area (Å²) in [5.74, 6) is -0.816. The number of hydrogen-bond acceptors (Lipinski definition) is 5. The molecular weight excluding hydrogens is 452 g/mol. The molecule has 0 amide bonds. The van der Waals surface area contributed by atoms with Crippen LogP contribution in [-0.4, -0.2) is 25.5 Å². The lowest BCUT2D eigenvalue weighted by Gasteiger charge is -2.24. The van der Waals surface area contributed by atoms with Crippen molar-refractivity contribution >= 4 is 0 Å². The van der Waals surface area contributed by atoms with E-state index in [-0.39, 0.29) is 28.7 Å². The maximum Gasteiger partial charge on any atom is 0.123 e. The highest BCUT2D eigenvalue weighted by molar-refractivity contribution is 5.60. The normalized spacial score (nSPS) is 11.3. The minimum absolute atomic E-state index is 0.0373. The predicted octanol–water partition coefficient (Wildman–Crippen LogP) is 7.64. The van der Waals surface area contributed by atoms with Gasteiger partial charge < -0.3 is 25.5 Å². The Kier molecular flexibility index (Phi) is 9.92. The van der Waals surface area contributed by atoms with Crippen molar-refractivity contribution in [3.63, 3.8) is 0 Å². The third kappa shape index (κ3) is 6.66. The lowest BCUT2D eigenvalue weighted by Crippen LogP contribution is -2.07. The Bertz CT molecular complexity index is 1070. The van der Waals surface area contributed by atoms with Crippen LogP contribution in [0.1, 0.15) is 98.9 Å². The highest BCUT2D eigenvalue weighted by Gasteiger charge is 2.27. The van der Waals surface area contributed by atoms with Gasteiger partial charge in [-0.15, -0.1) is 0 Å². The lowest BCUT2D eigenvalue weighted by molar-refractivity contribution is 0.432. The van der Waals surface area contributed by atoms with Crippen molar-refractivity contribution < 1.29 is 25.5 Å². The first-order valence-corrected chi connectivity index (χ1v) is 13.2. The van der Waals surface area contributed by atoms with Gasteiger partial charge in [-0.2, -0.15) is 0 Å². The molecule has 0 bridgehead atoms. The molecule has 0 saturated heterocycles. The second kappa shape index (κ2) is 13.1. The van der Waals surface area contributed by atoms with E-state index in [2.05, 4.69) is 13.8 Å². The van der Waals surface area contributed by atoms with Crippen LogP contribution in [0.15, 0.2) is 48.5 Å². The Hall–Kier alpha value is -3.34. The van der Waals surface area contributed by atoms with Gasteiger partial charge in [-0.1, -0.05) is 70.6 Å². The molecule has 0 atom stereocenters. The van der Waals surface area contributed by atoms with Gasteiger partial charge in [0.25, 0.3) is 0 Å². The number of aromatic hydroxyl groups is 5. The minimum atomic E-state index is -0.698. The summed E-state index contributed by atoms with van der Waals surface area (Å²) in [4.78, 5) is 0. The molecule has 0 aliphatic carbocycles. The lowest BCUT2D eigenvalue weighted by atomic mass is 9.81. The van der Waals surface area contributed by atoms with Crippen LogP contribution in [0.25, 0.3) is 0 Å². The molecule has 5 nitrogen and oxygen atoms in total. The SMILES string of the molecule is CCCCCCc1cc(C(c2ccccc2O)c2cc(CCCCCC)c(O)cc2O)c(O)cc1O. The van der Waals surface area contributed by atoms with Crippen molar-refractivity contribution in [2.45, 2.75) is 84.0 Å². The van der Waals surface area contributed by atoms with Gasteiger partial charge in [-0.05, 0) is 55.0 Å². The average Bonchev–Trinajstić information content (AvgIpc) is 2.85. The molecule has 0 saturated carbocycles. The Morgan fingerprint density at radius 2 is 0.972 bits per heavy atom. The maximum absolute atomic E-state index is 11.0. The van der Waals surface area contributed by atoms with E-state index in [1.165, 1.54) is 12.1 Å². The third-order valence-electron chi connectivity index (χ3n) is 6.92. The number of unbranched alkanes of at least 4 members (excludes halogenated alkanes) is 6. The summed E-state index contributed by atoms with van der Waals surface area (Å²) in [6, 6.07) is 13.1. The fourth-order valence-electron chi connectivity index (χ4n) is 4.86. The number of phenols is 5. The fraction of sp³-hybridized carbons (Fsp3) is 0.419. The summed E-state index contributed by atoms with van der Waals surface area (Å²) < 4.78 is 0. The maximum atomic E-state index is 11.0. The molecule has 0 aromatic heterocycles. The van der Waals surface area contributed by atoms with Gasteiger partial charge >= 0.3 is 0 Å². The van der Waals surface area contributed by atoms with Gasteiger partial charge in [0.15, 0.2) is 0 Å². The minimum Gasteiger partial charge on any atom is -0.508 e. The van der Waals surface area contributed by atoms with E-state index in [9.17, 15) is 25.5 Å². The smallest absolute Gasteiger partial charge is 0.123 e. The molecule has 3 aromatic carbocycles. The van der Waals surface area contributed by atoms with Crippen molar-refractivity contribution in [2.24, 2.45) is 0 Å². The Labute approximate surface area is 214 Å². The van der Waals surface area contributed by atoms with Crippen LogP contribution < -0.4 is 0 Å². The molecule has 0 radical (unpaired) electrons. The first-order chi connectivity index (χ1) is 17.4. The van der Waals surface area contributed by atoms with Crippen molar-refractivity contribution in [2.75, 3.05) is 0 Å². The number of phenolic OH excluding ortho intramolecular Hbond substituents is 5. The molecule has 0 unspecified atom stereocenters. The van der Waals surface area contributed by atoms with E-state index < -0.39 is 5.92 Å². The molecule has 0 heterocycles. The average molecular weight is 493 g/mol. The second-order valence-electron chi connectivity index (χ2n) is 9.69. The van der Waals surface area contributed by atoms with E-state index in [0.717, 1.165) is 62.5 Å². The summed E-state index contributed by atoms with van der Waals surface area (Å²) >= 11 is 0. The molecule has 5 heteroatoms. The van der Waals surface area contributed by atoms with Crippen LogP contribution >= 0.6 is 0 Å². The van der Waals surface area contributed by atoms with E-state index in [0.29, 0.717) is 29.5 Å². The molecule has 0 spiro atoms. The standard InChI is InChI=1S/C31H40O5/c1-3-5-7-9-13-21-17-24(29(35)19-27(21)33)31(23-15-11-12-16-26(23)32)25-18-22(14-10-8-6-4-2)28(34)20-30(25)36/h11-12,15-20,31-36H,3-10,13-14H2,1-2H3. The highest BCUT2D eigenvalue weighted by Crippen LogP contribution is 2.46. The van der Waals surface area contributed by atoms with Gasteiger partial charge in [0.2, 0.25) is 0 Å². The summed E-state index contributed by atoms with van der Waals surface area (Å²) in [5.41, 5.74) is 2.93. The summed E-state index contributed by atoms with van der Waals surface area (Å²) in [7, 11) is 0. The molecule has 0 aliphatic rings. The summed E-state index contributed by atoms with van der Waals surface area (Å²) in [6.07, 6.45) is 9.73. The van der Waals surface area contributed by atoms with E-state index in [1.807, 2.05) is 0 Å². The van der Waals surface area contributed by atoms with Crippen LogP contribution in [0.3, 0.4) is 0 Å². The molecule has 5 N–H and O–H groups in total. The van der Waals surface area contributed by atoms with Crippen molar-refractivity contribution in [3.05, 3.63) is 76.3 Å². The zero-order valence-electron chi connectivity index (χ0n) is 21.5.